The summed E-state index contributed by atoms with van der Waals surface area (Å²) >= 11 is 0. The lowest BCUT2D eigenvalue weighted by molar-refractivity contribution is -0.385. The number of para-hydroxylation sites is 3. The number of hydrogen-bond donors (Lipinski definition) is 2. The molecule has 9 heteroatoms. The van der Waals surface area contributed by atoms with Crippen LogP contribution in [0.2, 0.25) is 0 Å². The highest BCUT2D eigenvalue weighted by molar-refractivity contribution is 6.39. The SMILES string of the molecule is CCOc1ccccc1NC(=O)C(=O)N/N=C\c1ccccc1[N+](=O)[O-]. The largest absolute Gasteiger partial charge is 0.492 e. The van der Waals surface area contributed by atoms with E-state index >= 15 is 0 Å². The van der Waals surface area contributed by atoms with E-state index < -0.39 is 16.7 Å². The number of nitro groups is 1. The molecule has 0 spiro atoms. The Labute approximate surface area is 148 Å². The van der Waals surface area contributed by atoms with Gasteiger partial charge in [-0.15, -0.1) is 0 Å². The van der Waals surface area contributed by atoms with Crippen molar-refractivity contribution >= 4 is 29.4 Å². The van der Waals surface area contributed by atoms with Gasteiger partial charge in [0.05, 0.1) is 29.0 Å². The number of carbonyl (C=O) groups is 2. The number of nitrogens with one attached hydrogen (secondary N) is 2. The van der Waals surface area contributed by atoms with Gasteiger partial charge in [0.1, 0.15) is 5.75 Å². The van der Waals surface area contributed by atoms with Crippen LogP contribution in [-0.4, -0.2) is 29.6 Å². The van der Waals surface area contributed by atoms with Crippen LogP contribution in [0.3, 0.4) is 0 Å². The number of carbonyl (C=O) groups excluding carboxylic acids is 2. The molecule has 134 valence electrons. The van der Waals surface area contributed by atoms with Crippen molar-refractivity contribution in [2.24, 2.45) is 5.10 Å². The molecule has 0 aliphatic rings. The molecule has 0 radical (unpaired) electrons. The summed E-state index contributed by atoms with van der Waals surface area (Å²) in [6.07, 6.45) is 1.09. The Kier molecular flexibility index (Phi) is 6.38. The van der Waals surface area contributed by atoms with Crippen LogP contribution in [0.4, 0.5) is 11.4 Å². The molecular weight excluding hydrogens is 340 g/mol. The molecule has 2 amide bonds. The summed E-state index contributed by atoms with van der Waals surface area (Å²) in [6, 6.07) is 12.5. The summed E-state index contributed by atoms with van der Waals surface area (Å²) < 4.78 is 5.35. The van der Waals surface area contributed by atoms with E-state index in [4.69, 9.17) is 4.74 Å². The molecule has 0 aliphatic carbocycles. The van der Waals surface area contributed by atoms with Crippen molar-refractivity contribution in [2.75, 3.05) is 11.9 Å². The number of ether oxygens (including phenoxy) is 1. The Morgan fingerprint density at radius 2 is 1.85 bits per heavy atom. The number of benzene rings is 2. The highest BCUT2D eigenvalue weighted by Crippen LogP contribution is 2.23. The van der Waals surface area contributed by atoms with Crippen LogP contribution in [0.5, 0.6) is 5.75 Å². The van der Waals surface area contributed by atoms with Crippen LogP contribution < -0.4 is 15.5 Å². The summed E-state index contributed by atoms with van der Waals surface area (Å²) in [7, 11) is 0. The minimum absolute atomic E-state index is 0.166. The van der Waals surface area contributed by atoms with Gasteiger partial charge in [0.25, 0.3) is 5.69 Å². The Morgan fingerprint density at radius 3 is 2.58 bits per heavy atom. The Morgan fingerprint density at radius 1 is 1.15 bits per heavy atom. The van der Waals surface area contributed by atoms with Crippen LogP contribution in [0.25, 0.3) is 0 Å². The zero-order valence-corrected chi connectivity index (χ0v) is 13.8. The predicted molar refractivity (Wildman–Crippen MR) is 95.1 cm³/mol. The van der Waals surface area contributed by atoms with E-state index in [-0.39, 0.29) is 11.3 Å². The quantitative estimate of drug-likeness (QED) is 0.355. The van der Waals surface area contributed by atoms with Crippen LogP contribution in [0, 0.1) is 10.1 Å². The third-order valence-electron chi connectivity index (χ3n) is 3.14. The van der Waals surface area contributed by atoms with E-state index in [0.717, 1.165) is 6.21 Å². The van der Waals surface area contributed by atoms with Gasteiger partial charge in [0.15, 0.2) is 0 Å². The topological polar surface area (TPSA) is 123 Å². The maximum atomic E-state index is 11.9. The molecule has 0 heterocycles. The van der Waals surface area contributed by atoms with Crippen molar-refractivity contribution < 1.29 is 19.2 Å². The van der Waals surface area contributed by atoms with Gasteiger partial charge in [-0.05, 0) is 25.1 Å². The molecule has 0 fully saturated rings. The van der Waals surface area contributed by atoms with Crippen LogP contribution >= 0.6 is 0 Å². The van der Waals surface area contributed by atoms with E-state index in [1.165, 1.54) is 18.2 Å². The normalized spacial score (nSPS) is 10.3. The van der Waals surface area contributed by atoms with Crippen LogP contribution in [-0.2, 0) is 9.59 Å². The zero-order chi connectivity index (χ0) is 18.9. The second-order valence-electron chi connectivity index (χ2n) is 4.90. The van der Waals surface area contributed by atoms with Gasteiger partial charge in [-0.1, -0.05) is 24.3 Å². The zero-order valence-electron chi connectivity index (χ0n) is 13.8. The first-order chi connectivity index (χ1) is 12.5. The summed E-state index contributed by atoms with van der Waals surface area (Å²) in [5.41, 5.74) is 2.40. The molecule has 0 saturated carbocycles. The molecule has 0 unspecified atom stereocenters. The third-order valence-corrected chi connectivity index (χ3v) is 3.14. The summed E-state index contributed by atoms with van der Waals surface area (Å²) in [4.78, 5) is 34.1. The number of hydrazone groups is 1. The lowest BCUT2D eigenvalue weighted by Crippen LogP contribution is -2.32. The smallest absolute Gasteiger partial charge is 0.329 e. The molecule has 0 bridgehead atoms. The Hall–Kier alpha value is -3.75. The molecule has 9 nitrogen and oxygen atoms in total. The monoisotopic (exact) mass is 356 g/mol. The Bertz CT molecular complexity index is 851. The molecule has 0 saturated heterocycles. The third kappa shape index (κ3) is 4.87. The summed E-state index contributed by atoms with van der Waals surface area (Å²) in [5, 5.41) is 16.9. The average molecular weight is 356 g/mol. The fraction of sp³-hybridized carbons (Fsp3) is 0.118. The molecule has 2 rings (SSSR count). The number of nitro benzene ring substituents is 1. The minimum atomic E-state index is -1.02. The standard InChI is InChI=1S/C17H16N4O5/c1-2-26-15-10-6-4-8-13(15)19-16(22)17(23)20-18-11-12-7-3-5-9-14(12)21(24)25/h3-11H,2H2,1H3,(H,19,22)(H,20,23)/b18-11-. The van der Waals surface area contributed by atoms with E-state index in [9.17, 15) is 19.7 Å². The van der Waals surface area contributed by atoms with Gasteiger partial charge in [-0.3, -0.25) is 19.7 Å². The van der Waals surface area contributed by atoms with Gasteiger partial charge >= 0.3 is 11.8 Å². The van der Waals surface area contributed by atoms with Crippen molar-refractivity contribution in [2.45, 2.75) is 6.92 Å². The van der Waals surface area contributed by atoms with Gasteiger partial charge in [-0.2, -0.15) is 5.10 Å². The molecule has 2 aromatic rings. The molecule has 0 aliphatic heterocycles. The lowest BCUT2D eigenvalue weighted by Gasteiger charge is -2.10. The van der Waals surface area contributed by atoms with Crippen molar-refractivity contribution in [3.05, 3.63) is 64.2 Å². The van der Waals surface area contributed by atoms with Gasteiger partial charge in [0, 0.05) is 6.07 Å². The number of nitrogens with zero attached hydrogens (tertiary/aromatic N) is 2. The van der Waals surface area contributed by atoms with E-state index in [1.807, 2.05) is 5.43 Å². The van der Waals surface area contributed by atoms with Crippen LogP contribution in [0.15, 0.2) is 53.6 Å². The number of hydrogen-bond acceptors (Lipinski definition) is 6. The molecule has 2 aromatic carbocycles. The van der Waals surface area contributed by atoms with Gasteiger partial charge in [0.2, 0.25) is 0 Å². The second kappa shape index (κ2) is 8.92. The highest BCUT2D eigenvalue weighted by atomic mass is 16.6. The average Bonchev–Trinajstić information content (AvgIpc) is 2.63. The van der Waals surface area contributed by atoms with Crippen molar-refractivity contribution in [1.82, 2.24) is 5.43 Å². The number of anilines is 1. The molecule has 0 aromatic heterocycles. The molecule has 2 N–H and O–H groups in total. The predicted octanol–water partition coefficient (Wildman–Crippen LogP) is 2.08. The number of rotatable bonds is 6. The van der Waals surface area contributed by atoms with Crippen molar-refractivity contribution in [1.29, 1.82) is 0 Å². The van der Waals surface area contributed by atoms with Gasteiger partial charge in [-0.25, -0.2) is 5.43 Å². The van der Waals surface area contributed by atoms with E-state index in [2.05, 4.69) is 10.4 Å². The Balaban J connectivity index is 2.00. The fourth-order valence-corrected chi connectivity index (χ4v) is 2.00. The number of amides is 2. The van der Waals surface area contributed by atoms with Crippen molar-refractivity contribution in [3.63, 3.8) is 0 Å². The first-order valence-corrected chi connectivity index (χ1v) is 7.62. The van der Waals surface area contributed by atoms with Crippen molar-refractivity contribution in [3.8, 4) is 5.75 Å². The fourth-order valence-electron chi connectivity index (χ4n) is 2.00. The minimum Gasteiger partial charge on any atom is -0.492 e. The molecule has 0 atom stereocenters. The molecular formula is C17H16N4O5. The van der Waals surface area contributed by atoms with E-state index in [0.29, 0.717) is 18.0 Å². The van der Waals surface area contributed by atoms with E-state index in [1.54, 1.807) is 37.3 Å². The maximum absolute atomic E-state index is 11.9. The molecule has 26 heavy (non-hydrogen) atoms. The summed E-state index contributed by atoms with van der Waals surface area (Å²) in [5.74, 6) is -1.54. The first kappa shape index (κ1) is 18.6. The van der Waals surface area contributed by atoms with Gasteiger partial charge < -0.3 is 10.1 Å². The highest BCUT2D eigenvalue weighted by Gasteiger charge is 2.15. The maximum Gasteiger partial charge on any atom is 0.329 e. The first-order valence-electron chi connectivity index (χ1n) is 7.62. The second-order valence-corrected chi connectivity index (χ2v) is 4.90. The van der Waals surface area contributed by atoms with Crippen LogP contribution in [0.1, 0.15) is 12.5 Å². The lowest BCUT2D eigenvalue weighted by atomic mass is 10.2. The summed E-state index contributed by atoms with van der Waals surface area (Å²) in [6.45, 7) is 2.20.